The maximum Gasteiger partial charge on any atom is 0.415 e. The molecule has 7 rings (SSSR count). The minimum atomic E-state index is -3.11. The van der Waals surface area contributed by atoms with Crippen molar-refractivity contribution in [1.82, 2.24) is 4.90 Å². The average molecular weight is 767 g/mol. The van der Waals surface area contributed by atoms with Crippen molar-refractivity contribution < 1.29 is 46.4 Å². The standard InChI is InChI=1S/C35H32Cl2F3N3O7S/c1-47-30-14-21(6-8-28(30)49-34(39)40)29(15-23-24(36)17-42(46)18-25(23)37)48-33(44)32-9-7-22(51-32)16-43(27-5-3-2-4-26(27)38)35(45)50-31-19-41-12-10-20(31)11-13-41/h2-9,14,17-18,20,29,31,34H,10-13,15-16,19H2,1H3/t29-,31-/m0/s1. The summed E-state index contributed by atoms with van der Waals surface area (Å²) in [6.07, 6.45) is 1.84. The summed E-state index contributed by atoms with van der Waals surface area (Å²) in [5, 5.41) is 11.9. The van der Waals surface area contributed by atoms with Gasteiger partial charge in [0.25, 0.3) is 0 Å². The lowest BCUT2D eigenvalue weighted by Crippen LogP contribution is -2.53. The quantitative estimate of drug-likeness (QED) is 0.0818. The number of rotatable bonds is 12. The van der Waals surface area contributed by atoms with Gasteiger partial charge < -0.3 is 24.2 Å². The first kappa shape index (κ1) is 36.5. The Bertz CT molecular complexity index is 1870. The molecule has 3 aliphatic rings. The lowest BCUT2D eigenvalue weighted by atomic mass is 9.86. The molecule has 3 fully saturated rings. The van der Waals surface area contributed by atoms with Gasteiger partial charge in [0.15, 0.2) is 23.9 Å². The van der Waals surface area contributed by atoms with Gasteiger partial charge in [-0.05, 0) is 73.8 Å². The summed E-state index contributed by atoms with van der Waals surface area (Å²) in [6.45, 7) is -0.648. The number of fused-ring (bicyclic) bond motifs is 3. The minimum Gasteiger partial charge on any atom is -0.619 e. The van der Waals surface area contributed by atoms with Gasteiger partial charge in [0.2, 0.25) is 0 Å². The molecule has 1 amide bonds. The summed E-state index contributed by atoms with van der Waals surface area (Å²) >= 11 is 13.7. The van der Waals surface area contributed by atoms with Crippen LogP contribution in [-0.4, -0.2) is 56.4 Å². The van der Waals surface area contributed by atoms with Crippen LogP contribution in [0.15, 0.2) is 67.0 Å². The zero-order valence-corrected chi connectivity index (χ0v) is 29.4. The summed E-state index contributed by atoms with van der Waals surface area (Å²) in [4.78, 5) is 31.4. The molecule has 16 heteroatoms. The monoisotopic (exact) mass is 765 g/mol. The van der Waals surface area contributed by atoms with Gasteiger partial charge >= 0.3 is 18.7 Å². The third-order valence-corrected chi connectivity index (χ3v) is 10.6. The molecule has 0 saturated carbocycles. The second-order valence-electron chi connectivity index (χ2n) is 12.0. The predicted octanol–water partition coefficient (Wildman–Crippen LogP) is 7.82. The Morgan fingerprint density at radius 1 is 1.06 bits per heavy atom. The molecule has 0 aliphatic carbocycles. The first-order valence-electron chi connectivity index (χ1n) is 15.9. The van der Waals surface area contributed by atoms with Crippen LogP contribution < -0.4 is 19.1 Å². The van der Waals surface area contributed by atoms with Crippen LogP contribution >= 0.6 is 34.5 Å². The zero-order chi connectivity index (χ0) is 36.2. The summed E-state index contributed by atoms with van der Waals surface area (Å²) in [5.74, 6) is -1.42. The number of pyridine rings is 1. The number of para-hydroxylation sites is 1. The van der Waals surface area contributed by atoms with Crippen LogP contribution in [0.1, 0.15) is 44.6 Å². The van der Waals surface area contributed by atoms with Crippen molar-refractivity contribution >= 4 is 52.3 Å². The van der Waals surface area contributed by atoms with E-state index in [0.717, 1.165) is 49.7 Å². The number of thiophene rings is 1. The lowest BCUT2D eigenvalue weighted by Gasteiger charge is -2.44. The number of nitrogens with zero attached hydrogens (tertiary/aromatic N) is 3. The van der Waals surface area contributed by atoms with Crippen molar-refractivity contribution in [3.63, 3.8) is 0 Å². The number of esters is 1. The number of amides is 1. The Kier molecular flexibility index (Phi) is 11.4. The van der Waals surface area contributed by atoms with Gasteiger partial charge in [-0.3, -0.25) is 9.80 Å². The van der Waals surface area contributed by atoms with Gasteiger partial charge in [-0.25, -0.2) is 14.0 Å². The lowest BCUT2D eigenvalue weighted by molar-refractivity contribution is -0.605. The van der Waals surface area contributed by atoms with E-state index in [9.17, 15) is 23.6 Å². The third kappa shape index (κ3) is 8.63. The van der Waals surface area contributed by atoms with E-state index in [2.05, 4.69) is 9.64 Å². The molecule has 51 heavy (non-hydrogen) atoms. The summed E-state index contributed by atoms with van der Waals surface area (Å²) in [6, 6.07) is 13.1. The molecule has 0 spiro atoms. The number of piperidine rings is 3. The Morgan fingerprint density at radius 3 is 2.43 bits per heavy atom. The van der Waals surface area contributed by atoms with Crippen LogP contribution in [0.5, 0.6) is 11.5 Å². The second-order valence-corrected chi connectivity index (χ2v) is 14.0. The van der Waals surface area contributed by atoms with E-state index >= 15 is 4.39 Å². The number of hydrogen-bond acceptors (Lipinski definition) is 9. The largest absolute Gasteiger partial charge is 0.619 e. The molecule has 270 valence electrons. The molecule has 3 saturated heterocycles. The first-order chi connectivity index (χ1) is 24.5. The number of alkyl halides is 2. The molecule has 2 aromatic heterocycles. The Morgan fingerprint density at radius 2 is 1.78 bits per heavy atom. The molecule has 2 aromatic carbocycles. The van der Waals surface area contributed by atoms with E-state index < -0.39 is 30.6 Å². The summed E-state index contributed by atoms with van der Waals surface area (Å²) in [5.41, 5.74) is 0.653. The molecule has 2 bridgehead atoms. The van der Waals surface area contributed by atoms with Crippen LogP contribution in [0.3, 0.4) is 0 Å². The van der Waals surface area contributed by atoms with E-state index in [1.807, 2.05) is 0 Å². The SMILES string of the molecule is COc1cc([C@H](Cc2c(Cl)c[n+]([O-])cc2Cl)OC(=O)c2ccc(CN(C(=O)O[C@H]3CN4CCC3CC4)c3ccccc3F)s2)ccc1OC(F)F. The number of ether oxygens (including phenoxy) is 4. The molecule has 0 unspecified atom stereocenters. The fourth-order valence-electron chi connectivity index (χ4n) is 6.29. The molecule has 2 atom stereocenters. The van der Waals surface area contributed by atoms with Crippen LogP contribution in [0.2, 0.25) is 10.0 Å². The number of methoxy groups -OCH3 is 1. The molecule has 0 N–H and O–H groups in total. The first-order valence-corrected chi connectivity index (χ1v) is 17.5. The van der Waals surface area contributed by atoms with Crippen molar-refractivity contribution in [2.75, 3.05) is 31.6 Å². The Labute approximate surface area is 305 Å². The topological polar surface area (TPSA) is 104 Å². The highest BCUT2D eigenvalue weighted by atomic mass is 35.5. The Hall–Kier alpha value is -4.24. The maximum absolute atomic E-state index is 15.0. The molecule has 5 heterocycles. The number of benzene rings is 2. The van der Waals surface area contributed by atoms with Gasteiger partial charge in [-0.2, -0.15) is 13.5 Å². The summed E-state index contributed by atoms with van der Waals surface area (Å²) < 4.78 is 63.1. The highest BCUT2D eigenvalue weighted by Gasteiger charge is 2.38. The van der Waals surface area contributed by atoms with Crippen molar-refractivity contribution in [3.8, 4) is 11.5 Å². The van der Waals surface area contributed by atoms with E-state index in [1.165, 1.54) is 54.5 Å². The highest BCUT2D eigenvalue weighted by Crippen LogP contribution is 2.37. The predicted molar refractivity (Wildman–Crippen MR) is 183 cm³/mol. The normalized spacial score (nSPS) is 18.7. The van der Waals surface area contributed by atoms with Gasteiger partial charge in [0.1, 0.15) is 32.9 Å². The molecule has 0 radical (unpaired) electrons. The smallest absolute Gasteiger partial charge is 0.415 e. The molecule has 3 aliphatic heterocycles. The number of carbonyl (C=O) groups excluding carboxylic acids is 2. The molecule has 4 aromatic rings. The van der Waals surface area contributed by atoms with Crippen molar-refractivity contribution in [3.05, 3.63) is 109 Å². The number of aromatic nitrogens is 1. The van der Waals surface area contributed by atoms with Crippen molar-refractivity contribution in [2.45, 2.75) is 44.6 Å². The van der Waals surface area contributed by atoms with E-state index in [4.69, 9.17) is 37.4 Å². The van der Waals surface area contributed by atoms with E-state index in [0.29, 0.717) is 27.3 Å². The van der Waals surface area contributed by atoms with Crippen LogP contribution in [-0.2, 0) is 22.4 Å². The molecular weight excluding hydrogens is 734 g/mol. The van der Waals surface area contributed by atoms with Crippen molar-refractivity contribution in [2.24, 2.45) is 5.92 Å². The highest BCUT2D eigenvalue weighted by molar-refractivity contribution is 7.14. The average Bonchev–Trinajstić information content (AvgIpc) is 3.58. The summed E-state index contributed by atoms with van der Waals surface area (Å²) in [7, 11) is 1.26. The van der Waals surface area contributed by atoms with Crippen LogP contribution in [0, 0.1) is 16.9 Å². The third-order valence-electron chi connectivity index (χ3n) is 8.86. The van der Waals surface area contributed by atoms with Gasteiger partial charge in [0.05, 0.1) is 19.3 Å². The van der Waals surface area contributed by atoms with Gasteiger partial charge in [0, 0.05) is 23.4 Å². The maximum atomic E-state index is 15.0. The van der Waals surface area contributed by atoms with E-state index in [-0.39, 0.29) is 57.1 Å². The Balaban J connectivity index is 1.24. The zero-order valence-electron chi connectivity index (χ0n) is 27.1. The van der Waals surface area contributed by atoms with Crippen molar-refractivity contribution in [1.29, 1.82) is 0 Å². The second kappa shape index (κ2) is 16.0. The number of halogens is 5. The molecule has 10 nitrogen and oxygen atoms in total. The van der Waals surface area contributed by atoms with Crippen LogP contribution in [0.25, 0.3) is 0 Å². The van der Waals surface area contributed by atoms with Gasteiger partial charge in [-0.15, -0.1) is 11.3 Å². The fraction of sp³-hybridized carbons (Fsp3) is 0.343. The van der Waals surface area contributed by atoms with Crippen LogP contribution in [0.4, 0.5) is 23.7 Å². The van der Waals surface area contributed by atoms with E-state index in [1.54, 1.807) is 12.1 Å². The number of anilines is 1. The fourth-order valence-corrected chi connectivity index (χ4v) is 7.77. The minimum absolute atomic E-state index is 0.0138. The molecular formula is C35H32Cl2F3N3O7S. The number of carbonyl (C=O) groups is 2. The number of hydrogen-bond donors (Lipinski definition) is 0. The van der Waals surface area contributed by atoms with Gasteiger partial charge in [-0.1, -0.05) is 41.4 Å².